The topological polar surface area (TPSA) is 66.5 Å². The third-order valence-electron chi connectivity index (χ3n) is 3.26. The maximum atomic E-state index is 12.5. The van der Waals surface area contributed by atoms with E-state index in [2.05, 4.69) is 21.2 Å². The van der Waals surface area contributed by atoms with Crippen LogP contribution in [0.15, 0.2) is 62.8 Å². The van der Waals surface area contributed by atoms with E-state index in [0.717, 1.165) is 13.7 Å². The number of halogens is 1. The fourth-order valence-corrected chi connectivity index (χ4v) is 3.75. The van der Waals surface area contributed by atoms with Crippen LogP contribution in [-0.4, -0.2) is 38.5 Å². The predicted octanol–water partition coefficient (Wildman–Crippen LogP) is 3.43. The fraction of sp³-hybridized carbons (Fsp3) is 0.188. The largest absolute Gasteiger partial charge is 0.325 e. The van der Waals surface area contributed by atoms with Gasteiger partial charge in [0, 0.05) is 22.1 Å². The Morgan fingerprint density at radius 2 is 1.71 bits per heavy atom. The summed E-state index contributed by atoms with van der Waals surface area (Å²) in [6.07, 6.45) is 1.92. The Balaban J connectivity index is 2.05. The van der Waals surface area contributed by atoms with Crippen molar-refractivity contribution >= 4 is 49.3 Å². The summed E-state index contributed by atoms with van der Waals surface area (Å²) in [5, 5.41) is 2.67. The van der Waals surface area contributed by atoms with Crippen molar-refractivity contribution in [3.05, 3.63) is 53.0 Å². The Labute approximate surface area is 154 Å². The highest BCUT2D eigenvalue weighted by Gasteiger charge is 2.22. The molecule has 0 saturated carbocycles. The number of carbonyl (C=O) groups excluding carboxylic acids is 1. The highest BCUT2D eigenvalue weighted by Crippen LogP contribution is 2.20. The molecule has 5 nitrogen and oxygen atoms in total. The number of benzene rings is 2. The molecule has 8 heteroatoms. The molecular weight excluding hydrogens is 412 g/mol. The minimum Gasteiger partial charge on any atom is -0.325 e. The SMILES string of the molecule is CSc1ccc(S(=O)(=O)N(C)CC(=O)Nc2ccc(Br)cc2)cc1. The van der Waals surface area contributed by atoms with Crippen LogP contribution in [0.4, 0.5) is 5.69 Å². The average molecular weight is 429 g/mol. The summed E-state index contributed by atoms with van der Waals surface area (Å²) < 4.78 is 26.9. The van der Waals surface area contributed by atoms with E-state index in [4.69, 9.17) is 0 Å². The van der Waals surface area contributed by atoms with Gasteiger partial charge in [-0.25, -0.2) is 8.42 Å². The summed E-state index contributed by atoms with van der Waals surface area (Å²) in [5.41, 5.74) is 0.610. The lowest BCUT2D eigenvalue weighted by Crippen LogP contribution is -2.34. The van der Waals surface area contributed by atoms with Gasteiger partial charge in [-0.05, 0) is 54.8 Å². The number of anilines is 1. The van der Waals surface area contributed by atoms with Crippen molar-refractivity contribution in [3.8, 4) is 0 Å². The number of carbonyl (C=O) groups is 1. The Morgan fingerprint density at radius 1 is 1.12 bits per heavy atom. The summed E-state index contributed by atoms with van der Waals surface area (Å²) in [5.74, 6) is -0.399. The highest BCUT2D eigenvalue weighted by molar-refractivity contribution is 9.10. The highest BCUT2D eigenvalue weighted by atomic mass is 79.9. The van der Waals surface area contributed by atoms with Crippen molar-refractivity contribution in [1.82, 2.24) is 4.31 Å². The molecule has 0 aliphatic heterocycles. The van der Waals surface area contributed by atoms with Crippen molar-refractivity contribution in [2.45, 2.75) is 9.79 Å². The molecule has 0 heterocycles. The van der Waals surface area contributed by atoms with Crippen LogP contribution in [0.2, 0.25) is 0 Å². The summed E-state index contributed by atoms with van der Waals surface area (Å²) in [7, 11) is -2.31. The number of amides is 1. The maximum Gasteiger partial charge on any atom is 0.243 e. The number of nitrogens with zero attached hydrogens (tertiary/aromatic N) is 1. The molecule has 0 atom stereocenters. The van der Waals surface area contributed by atoms with Gasteiger partial charge in [-0.1, -0.05) is 15.9 Å². The number of hydrogen-bond donors (Lipinski definition) is 1. The van der Waals surface area contributed by atoms with E-state index in [9.17, 15) is 13.2 Å². The number of hydrogen-bond acceptors (Lipinski definition) is 4. The Kier molecular flexibility index (Phi) is 6.45. The first kappa shape index (κ1) is 19.0. The quantitative estimate of drug-likeness (QED) is 0.715. The van der Waals surface area contributed by atoms with Crippen LogP contribution in [-0.2, 0) is 14.8 Å². The number of rotatable bonds is 6. The van der Waals surface area contributed by atoms with E-state index in [-0.39, 0.29) is 11.4 Å². The monoisotopic (exact) mass is 428 g/mol. The van der Waals surface area contributed by atoms with Gasteiger partial charge in [-0.15, -0.1) is 11.8 Å². The zero-order valence-corrected chi connectivity index (χ0v) is 16.4. The Hall–Kier alpha value is -1.35. The van der Waals surface area contributed by atoms with E-state index in [1.807, 2.05) is 6.26 Å². The molecule has 0 fully saturated rings. The van der Waals surface area contributed by atoms with Gasteiger partial charge in [0.15, 0.2) is 0 Å². The molecule has 0 aromatic heterocycles. The van der Waals surface area contributed by atoms with Gasteiger partial charge in [0.25, 0.3) is 0 Å². The number of nitrogens with one attached hydrogen (secondary N) is 1. The van der Waals surface area contributed by atoms with E-state index in [1.165, 1.54) is 18.8 Å². The van der Waals surface area contributed by atoms with Gasteiger partial charge in [0.2, 0.25) is 15.9 Å². The van der Waals surface area contributed by atoms with Gasteiger partial charge < -0.3 is 5.32 Å². The van der Waals surface area contributed by atoms with Crippen LogP contribution in [0.1, 0.15) is 0 Å². The van der Waals surface area contributed by atoms with Gasteiger partial charge in [-0.3, -0.25) is 4.79 Å². The molecule has 1 amide bonds. The standard InChI is InChI=1S/C16H17BrN2O3S2/c1-19(11-16(20)18-13-5-3-12(17)4-6-13)24(21,22)15-9-7-14(23-2)8-10-15/h3-10H,11H2,1-2H3,(H,18,20). The first-order valence-corrected chi connectivity index (χ1v) is 10.4. The first-order chi connectivity index (χ1) is 11.3. The smallest absolute Gasteiger partial charge is 0.243 e. The zero-order chi connectivity index (χ0) is 17.7. The van der Waals surface area contributed by atoms with Crippen molar-refractivity contribution in [3.63, 3.8) is 0 Å². The van der Waals surface area contributed by atoms with Crippen LogP contribution in [0, 0.1) is 0 Å². The molecule has 0 aliphatic rings. The second kappa shape index (κ2) is 8.15. The lowest BCUT2D eigenvalue weighted by atomic mass is 10.3. The first-order valence-electron chi connectivity index (χ1n) is 6.99. The lowest BCUT2D eigenvalue weighted by molar-refractivity contribution is -0.116. The molecule has 128 valence electrons. The average Bonchev–Trinajstić information content (AvgIpc) is 2.57. The molecule has 0 unspecified atom stereocenters. The Morgan fingerprint density at radius 3 is 2.25 bits per heavy atom. The lowest BCUT2D eigenvalue weighted by Gasteiger charge is -2.17. The van der Waals surface area contributed by atoms with Crippen LogP contribution in [0.3, 0.4) is 0 Å². The van der Waals surface area contributed by atoms with E-state index in [0.29, 0.717) is 5.69 Å². The minimum absolute atomic E-state index is 0.166. The van der Waals surface area contributed by atoms with E-state index in [1.54, 1.807) is 48.5 Å². The molecule has 0 radical (unpaired) electrons. The van der Waals surface area contributed by atoms with Gasteiger partial charge in [-0.2, -0.15) is 4.31 Å². The molecule has 24 heavy (non-hydrogen) atoms. The van der Waals surface area contributed by atoms with Gasteiger partial charge in [0.05, 0.1) is 11.4 Å². The summed E-state index contributed by atoms with van der Waals surface area (Å²) in [4.78, 5) is 13.2. The molecule has 1 N–H and O–H groups in total. The number of thioether (sulfide) groups is 1. The third-order valence-corrected chi connectivity index (χ3v) is 6.35. The molecule has 2 aromatic carbocycles. The van der Waals surface area contributed by atoms with E-state index < -0.39 is 15.9 Å². The van der Waals surface area contributed by atoms with Crippen LogP contribution in [0.25, 0.3) is 0 Å². The molecule has 0 spiro atoms. The normalized spacial score (nSPS) is 11.5. The second-order valence-corrected chi connectivity index (χ2v) is 8.83. The predicted molar refractivity (Wildman–Crippen MR) is 101 cm³/mol. The van der Waals surface area contributed by atoms with Gasteiger partial charge in [0.1, 0.15) is 0 Å². The molecular formula is C16H17BrN2O3S2. The molecule has 2 aromatic rings. The number of likely N-dealkylation sites (N-methyl/N-ethyl adjacent to an activating group) is 1. The summed E-state index contributed by atoms with van der Waals surface area (Å²) >= 11 is 4.85. The zero-order valence-electron chi connectivity index (χ0n) is 13.2. The van der Waals surface area contributed by atoms with Crippen LogP contribution >= 0.6 is 27.7 Å². The summed E-state index contributed by atoms with van der Waals surface area (Å²) in [6.45, 7) is -0.261. The van der Waals surface area contributed by atoms with Crippen molar-refractivity contribution < 1.29 is 13.2 Å². The van der Waals surface area contributed by atoms with Crippen molar-refractivity contribution in [2.24, 2.45) is 0 Å². The fourth-order valence-electron chi connectivity index (χ4n) is 1.95. The van der Waals surface area contributed by atoms with Crippen molar-refractivity contribution in [2.75, 3.05) is 25.2 Å². The summed E-state index contributed by atoms with van der Waals surface area (Å²) in [6, 6.07) is 13.6. The third kappa shape index (κ3) is 4.83. The van der Waals surface area contributed by atoms with Crippen molar-refractivity contribution in [1.29, 1.82) is 0 Å². The maximum absolute atomic E-state index is 12.5. The van der Waals surface area contributed by atoms with Gasteiger partial charge >= 0.3 is 0 Å². The van der Waals surface area contributed by atoms with Crippen LogP contribution < -0.4 is 5.32 Å². The molecule has 0 aliphatic carbocycles. The minimum atomic E-state index is -3.70. The molecule has 2 rings (SSSR count). The number of sulfonamides is 1. The van der Waals surface area contributed by atoms with E-state index >= 15 is 0 Å². The van der Waals surface area contributed by atoms with Crippen LogP contribution in [0.5, 0.6) is 0 Å². The Bertz CT molecular complexity index is 806. The second-order valence-electron chi connectivity index (χ2n) is 4.99. The molecule has 0 bridgehead atoms. The molecule has 0 saturated heterocycles.